The second-order valence-corrected chi connectivity index (χ2v) is 4.99. The first-order valence-electron chi connectivity index (χ1n) is 6.70. The highest BCUT2D eigenvalue weighted by molar-refractivity contribution is 5.94. The third-order valence-corrected chi connectivity index (χ3v) is 3.35. The van der Waals surface area contributed by atoms with Crippen molar-refractivity contribution in [3.05, 3.63) is 53.6 Å². The standard InChI is InChI=1S/C15H17F2N3O/c1-10(5-6-11-4-3-9-20(11)2)19-15(21)12-7-8-18-14(17)13(12)16/h3-4,7-10H,5-6H2,1-2H3,(H,19,21). The molecule has 1 amide bonds. The van der Waals surface area contributed by atoms with Gasteiger partial charge in [0.25, 0.3) is 5.91 Å². The summed E-state index contributed by atoms with van der Waals surface area (Å²) in [6.07, 6.45) is 4.52. The number of nitrogens with zero attached hydrogens (tertiary/aromatic N) is 2. The second-order valence-electron chi connectivity index (χ2n) is 4.99. The van der Waals surface area contributed by atoms with Gasteiger partial charge in [-0.15, -0.1) is 0 Å². The lowest BCUT2D eigenvalue weighted by Crippen LogP contribution is -2.33. The first-order chi connectivity index (χ1) is 9.99. The Labute approximate surface area is 121 Å². The van der Waals surface area contributed by atoms with Crippen LogP contribution in [0, 0.1) is 11.8 Å². The predicted octanol–water partition coefficient (Wildman–Crippen LogP) is 2.45. The van der Waals surface area contributed by atoms with Gasteiger partial charge in [-0.25, -0.2) is 9.37 Å². The molecule has 0 radical (unpaired) electrons. The van der Waals surface area contributed by atoms with E-state index < -0.39 is 17.7 Å². The van der Waals surface area contributed by atoms with Gasteiger partial charge in [-0.3, -0.25) is 4.79 Å². The monoisotopic (exact) mass is 293 g/mol. The normalized spacial score (nSPS) is 12.2. The van der Waals surface area contributed by atoms with Gasteiger partial charge in [0, 0.05) is 31.2 Å². The van der Waals surface area contributed by atoms with E-state index in [1.54, 1.807) is 0 Å². The minimum atomic E-state index is -1.26. The Morgan fingerprint density at radius 3 is 2.86 bits per heavy atom. The van der Waals surface area contributed by atoms with Crippen LogP contribution in [-0.2, 0) is 13.5 Å². The van der Waals surface area contributed by atoms with Crippen molar-refractivity contribution in [1.29, 1.82) is 0 Å². The molecule has 2 rings (SSSR count). The van der Waals surface area contributed by atoms with E-state index in [1.165, 1.54) is 0 Å². The summed E-state index contributed by atoms with van der Waals surface area (Å²) in [6.45, 7) is 1.83. The average Bonchev–Trinajstić information content (AvgIpc) is 2.85. The maximum Gasteiger partial charge on any atom is 0.254 e. The molecule has 0 spiro atoms. The molecular weight excluding hydrogens is 276 g/mol. The zero-order chi connectivity index (χ0) is 15.4. The molecule has 6 heteroatoms. The first kappa shape index (κ1) is 15.2. The molecular formula is C15H17F2N3O. The number of carbonyl (C=O) groups is 1. The molecule has 0 saturated heterocycles. The molecule has 1 unspecified atom stereocenters. The van der Waals surface area contributed by atoms with E-state index in [-0.39, 0.29) is 11.6 Å². The molecule has 4 nitrogen and oxygen atoms in total. The zero-order valence-electron chi connectivity index (χ0n) is 11.9. The molecule has 0 aliphatic heterocycles. The fraction of sp³-hybridized carbons (Fsp3) is 0.333. The van der Waals surface area contributed by atoms with Gasteiger partial charge in [-0.1, -0.05) is 0 Å². The van der Waals surface area contributed by atoms with Crippen molar-refractivity contribution in [2.24, 2.45) is 7.05 Å². The summed E-state index contributed by atoms with van der Waals surface area (Å²) in [5.74, 6) is -3.11. The first-order valence-corrected chi connectivity index (χ1v) is 6.70. The van der Waals surface area contributed by atoms with E-state index in [1.807, 2.05) is 36.9 Å². The van der Waals surface area contributed by atoms with Crippen molar-refractivity contribution in [3.8, 4) is 0 Å². The topological polar surface area (TPSA) is 46.9 Å². The van der Waals surface area contributed by atoms with Crippen LogP contribution in [0.3, 0.4) is 0 Å². The predicted molar refractivity (Wildman–Crippen MR) is 74.8 cm³/mol. The molecule has 0 aromatic carbocycles. The summed E-state index contributed by atoms with van der Waals surface area (Å²) in [5, 5.41) is 2.66. The number of carbonyl (C=O) groups excluding carboxylic acids is 1. The number of pyridine rings is 1. The van der Waals surface area contributed by atoms with Crippen molar-refractivity contribution < 1.29 is 13.6 Å². The van der Waals surface area contributed by atoms with E-state index in [2.05, 4.69) is 10.3 Å². The maximum absolute atomic E-state index is 13.5. The largest absolute Gasteiger partial charge is 0.354 e. The van der Waals surface area contributed by atoms with Gasteiger partial charge in [0.05, 0.1) is 5.56 Å². The van der Waals surface area contributed by atoms with E-state index in [0.29, 0.717) is 6.42 Å². The number of hydrogen-bond donors (Lipinski definition) is 1. The van der Waals surface area contributed by atoms with Crippen molar-refractivity contribution in [2.45, 2.75) is 25.8 Å². The second kappa shape index (κ2) is 6.47. The highest BCUT2D eigenvalue weighted by Crippen LogP contribution is 2.10. The Balaban J connectivity index is 1.93. The van der Waals surface area contributed by atoms with Crippen molar-refractivity contribution >= 4 is 5.91 Å². The van der Waals surface area contributed by atoms with E-state index >= 15 is 0 Å². The molecule has 112 valence electrons. The Bertz CT molecular complexity index is 640. The number of nitrogens with one attached hydrogen (secondary N) is 1. The zero-order valence-corrected chi connectivity index (χ0v) is 11.9. The smallest absolute Gasteiger partial charge is 0.254 e. The van der Waals surface area contributed by atoms with Gasteiger partial charge in [0.15, 0.2) is 5.82 Å². The van der Waals surface area contributed by atoms with Crippen LogP contribution in [0.5, 0.6) is 0 Å². The summed E-state index contributed by atoms with van der Waals surface area (Å²) in [7, 11) is 1.95. The lowest BCUT2D eigenvalue weighted by Gasteiger charge is -2.14. The minimum absolute atomic E-state index is 0.150. The Morgan fingerprint density at radius 2 is 2.19 bits per heavy atom. The fourth-order valence-electron chi connectivity index (χ4n) is 2.09. The summed E-state index contributed by atoms with van der Waals surface area (Å²) >= 11 is 0. The highest BCUT2D eigenvalue weighted by Gasteiger charge is 2.17. The summed E-state index contributed by atoms with van der Waals surface area (Å²) in [5.41, 5.74) is 0.824. The Hall–Kier alpha value is -2.24. The lowest BCUT2D eigenvalue weighted by atomic mass is 10.1. The van der Waals surface area contributed by atoms with Crippen molar-refractivity contribution in [1.82, 2.24) is 14.9 Å². The fourth-order valence-corrected chi connectivity index (χ4v) is 2.09. The summed E-state index contributed by atoms with van der Waals surface area (Å²) in [4.78, 5) is 15.1. The van der Waals surface area contributed by atoms with Crippen LogP contribution >= 0.6 is 0 Å². The van der Waals surface area contributed by atoms with Crippen LogP contribution in [0.15, 0.2) is 30.6 Å². The number of amides is 1. The lowest BCUT2D eigenvalue weighted by molar-refractivity contribution is 0.0933. The van der Waals surface area contributed by atoms with Crippen LogP contribution in [-0.4, -0.2) is 21.5 Å². The third kappa shape index (κ3) is 3.65. The number of halogens is 2. The van der Waals surface area contributed by atoms with Gasteiger partial charge in [-0.2, -0.15) is 4.39 Å². The quantitative estimate of drug-likeness (QED) is 0.861. The van der Waals surface area contributed by atoms with E-state index in [9.17, 15) is 13.6 Å². The molecule has 1 N–H and O–H groups in total. The van der Waals surface area contributed by atoms with E-state index in [4.69, 9.17) is 0 Å². The molecule has 2 heterocycles. The number of rotatable bonds is 5. The SMILES string of the molecule is CC(CCc1cccn1C)NC(=O)c1ccnc(F)c1F. The molecule has 1 atom stereocenters. The Kier molecular flexibility index (Phi) is 4.67. The van der Waals surface area contributed by atoms with Gasteiger partial charge in [0.2, 0.25) is 5.95 Å². The number of aryl methyl sites for hydroxylation is 2. The van der Waals surface area contributed by atoms with Crippen LogP contribution < -0.4 is 5.32 Å². The molecule has 0 aliphatic rings. The third-order valence-electron chi connectivity index (χ3n) is 3.35. The number of aromatic nitrogens is 2. The summed E-state index contributed by atoms with van der Waals surface area (Å²) in [6, 6.07) is 4.97. The average molecular weight is 293 g/mol. The molecule has 0 fully saturated rings. The van der Waals surface area contributed by atoms with E-state index in [0.717, 1.165) is 24.4 Å². The highest BCUT2D eigenvalue weighted by atomic mass is 19.2. The van der Waals surface area contributed by atoms with Gasteiger partial charge in [0.1, 0.15) is 0 Å². The Morgan fingerprint density at radius 1 is 1.43 bits per heavy atom. The van der Waals surface area contributed by atoms with Crippen LogP contribution in [0.4, 0.5) is 8.78 Å². The van der Waals surface area contributed by atoms with Crippen LogP contribution in [0.1, 0.15) is 29.4 Å². The van der Waals surface area contributed by atoms with Crippen molar-refractivity contribution in [3.63, 3.8) is 0 Å². The summed E-state index contributed by atoms with van der Waals surface area (Å²) < 4.78 is 28.5. The molecule has 2 aromatic heterocycles. The van der Waals surface area contributed by atoms with Crippen LogP contribution in [0.2, 0.25) is 0 Å². The number of hydrogen-bond acceptors (Lipinski definition) is 2. The van der Waals surface area contributed by atoms with Gasteiger partial charge in [-0.05, 0) is 38.0 Å². The molecule has 0 bridgehead atoms. The maximum atomic E-state index is 13.5. The molecule has 0 saturated carbocycles. The van der Waals surface area contributed by atoms with Gasteiger partial charge < -0.3 is 9.88 Å². The molecule has 2 aromatic rings. The van der Waals surface area contributed by atoms with Gasteiger partial charge >= 0.3 is 0 Å². The van der Waals surface area contributed by atoms with Crippen LogP contribution in [0.25, 0.3) is 0 Å². The minimum Gasteiger partial charge on any atom is -0.354 e. The van der Waals surface area contributed by atoms with Crippen molar-refractivity contribution in [2.75, 3.05) is 0 Å². The molecule has 21 heavy (non-hydrogen) atoms. The molecule has 0 aliphatic carbocycles.